The molecule has 0 spiro atoms. The van der Waals surface area contributed by atoms with E-state index in [2.05, 4.69) is 5.32 Å². The Labute approximate surface area is 108 Å². The normalized spacial score (nSPS) is 24.6. The van der Waals surface area contributed by atoms with Gasteiger partial charge in [0.2, 0.25) is 5.91 Å². The second-order valence-electron chi connectivity index (χ2n) is 4.61. The highest BCUT2D eigenvalue weighted by atomic mass is 32.1. The van der Waals surface area contributed by atoms with Crippen LogP contribution in [0, 0.1) is 5.92 Å². The molecule has 17 heavy (non-hydrogen) atoms. The predicted octanol–water partition coefficient (Wildman–Crippen LogP) is 1.37. The number of carbonyl (C=O) groups is 1. The Hall–Kier alpha value is -0.680. The van der Waals surface area contributed by atoms with Gasteiger partial charge < -0.3 is 15.8 Å². The van der Waals surface area contributed by atoms with E-state index in [-0.39, 0.29) is 17.9 Å². The van der Waals surface area contributed by atoms with Crippen LogP contribution >= 0.6 is 12.2 Å². The van der Waals surface area contributed by atoms with Crippen molar-refractivity contribution in [2.24, 2.45) is 11.7 Å². The van der Waals surface area contributed by atoms with Crippen LogP contribution in [0.15, 0.2) is 0 Å². The molecule has 1 aliphatic heterocycles. The fraction of sp³-hybridized carbons (Fsp3) is 0.833. The van der Waals surface area contributed by atoms with Gasteiger partial charge in [-0.15, -0.1) is 0 Å². The van der Waals surface area contributed by atoms with E-state index < -0.39 is 5.54 Å². The van der Waals surface area contributed by atoms with E-state index in [9.17, 15) is 4.79 Å². The molecule has 1 saturated heterocycles. The third kappa shape index (κ3) is 2.96. The van der Waals surface area contributed by atoms with Crippen LogP contribution in [0.2, 0.25) is 0 Å². The summed E-state index contributed by atoms with van der Waals surface area (Å²) in [4.78, 5) is 12.6. The van der Waals surface area contributed by atoms with Crippen LogP contribution in [-0.4, -0.2) is 29.1 Å². The van der Waals surface area contributed by atoms with E-state index in [1.165, 1.54) is 0 Å². The Morgan fingerprint density at radius 3 is 2.47 bits per heavy atom. The van der Waals surface area contributed by atoms with Gasteiger partial charge in [-0.3, -0.25) is 4.79 Å². The second kappa shape index (κ2) is 5.78. The monoisotopic (exact) mass is 258 g/mol. The molecule has 0 aromatic rings. The van der Waals surface area contributed by atoms with Gasteiger partial charge in [-0.1, -0.05) is 26.1 Å². The Morgan fingerprint density at radius 2 is 2.12 bits per heavy atom. The number of nitrogens with two attached hydrogens (primary N) is 1. The minimum absolute atomic E-state index is 0.00602. The van der Waals surface area contributed by atoms with Gasteiger partial charge in [0.25, 0.3) is 0 Å². The Kier molecular flexibility index (Phi) is 4.89. The third-order valence-electron chi connectivity index (χ3n) is 3.75. The van der Waals surface area contributed by atoms with Crippen LogP contribution in [0.5, 0.6) is 0 Å². The molecule has 1 aliphatic rings. The fourth-order valence-electron chi connectivity index (χ4n) is 2.24. The molecule has 3 N–H and O–H groups in total. The number of hydrogen-bond acceptors (Lipinski definition) is 3. The van der Waals surface area contributed by atoms with E-state index in [1.807, 2.05) is 20.8 Å². The molecular weight excluding hydrogens is 236 g/mol. The van der Waals surface area contributed by atoms with Gasteiger partial charge in [-0.2, -0.15) is 0 Å². The van der Waals surface area contributed by atoms with Crippen molar-refractivity contribution in [3.05, 3.63) is 0 Å². The maximum atomic E-state index is 12.2. The molecule has 0 aromatic heterocycles. The van der Waals surface area contributed by atoms with Crippen molar-refractivity contribution in [2.75, 3.05) is 6.61 Å². The molecule has 98 valence electrons. The Bertz CT molecular complexity index is 303. The lowest BCUT2D eigenvalue weighted by Crippen LogP contribution is -2.57. The minimum Gasteiger partial charge on any atom is -0.391 e. The van der Waals surface area contributed by atoms with Crippen molar-refractivity contribution < 1.29 is 9.53 Å². The fourth-order valence-corrected chi connectivity index (χ4v) is 2.58. The smallest absolute Gasteiger partial charge is 0.226 e. The highest BCUT2D eigenvalue weighted by molar-refractivity contribution is 7.80. The first-order chi connectivity index (χ1) is 7.96. The van der Waals surface area contributed by atoms with Crippen molar-refractivity contribution in [2.45, 2.75) is 51.7 Å². The van der Waals surface area contributed by atoms with Gasteiger partial charge >= 0.3 is 0 Å². The van der Waals surface area contributed by atoms with Crippen molar-refractivity contribution in [3.8, 4) is 0 Å². The highest BCUT2D eigenvalue weighted by Gasteiger charge is 2.37. The molecule has 1 amide bonds. The molecule has 0 radical (unpaired) electrons. The van der Waals surface area contributed by atoms with Crippen LogP contribution in [0.4, 0.5) is 0 Å². The van der Waals surface area contributed by atoms with Crippen LogP contribution in [0.3, 0.4) is 0 Å². The number of hydrogen-bond donors (Lipinski definition) is 2. The molecule has 1 heterocycles. The lowest BCUT2D eigenvalue weighted by molar-refractivity contribution is -0.127. The van der Waals surface area contributed by atoms with Gasteiger partial charge in [0.1, 0.15) is 0 Å². The zero-order valence-corrected chi connectivity index (χ0v) is 11.6. The quantitative estimate of drug-likeness (QED) is 0.731. The molecular formula is C12H22N2O2S. The van der Waals surface area contributed by atoms with Crippen LogP contribution in [-0.2, 0) is 9.53 Å². The second-order valence-corrected chi connectivity index (χ2v) is 5.05. The minimum atomic E-state index is -0.547. The largest absolute Gasteiger partial charge is 0.391 e. The van der Waals surface area contributed by atoms with E-state index in [1.54, 1.807) is 0 Å². The van der Waals surface area contributed by atoms with Crippen LogP contribution in [0.1, 0.15) is 40.0 Å². The van der Waals surface area contributed by atoms with E-state index >= 15 is 0 Å². The number of ether oxygens (including phenoxy) is 1. The third-order valence-corrected chi connectivity index (χ3v) is 4.14. The maximum Gasteiger partial charge on any atom is 0.226 e. The predicted molar refractivity (Wildman–Crippen MR) is 71.8 cm³/mol. The van der Waals surface area contributed by atoms with Crippen LogP contribution in [0.25, 0.3) is 0 Å². The topological polar surface area (TPSA) is 64.3 Å². The molecule has 4 nitrogen and oxygen atoms in total. The molecule has 0 saturated carbocycles. The Morgan fingerprint density at radius 1 is 1.53 bits per heavy atom. The van der Waals surface area contributed by atoms with Crippen molar-refractivity contribution in [3.63, 3.8) is 0 Å². The summed E-state index contributed by atoms with van der Waals surface area (Å²) in [5.74, 6) is -0.0756. The first kappa shape index (κ1) is 14.4. The number of thiocarbonyl (C=S) groups is 1. The summed E-state index contributed by atoms with van der Waals surface area (Å²) in [6.45, 7) is 6.55. The maximum absolute atomic E-state index is 12.2. The van der Waals surface area contributed by atoms with E-state index in [4.69, 9.17) is 22.7 Å². The van der Waals surface area contributed by atoms with Gasteiger partial charge in [-0.25, -0.2) is 0 Å². The number of rotatable bonds is 5. The summed E-state index contributed by atoms with van der Waals surface area (Å²) in [7, 11) is 0. The zero-order chi connectivity index (χ0) is 13.1. The van der Waals surface area contributed by atoms with Crippen LogP contribution < -0.4 is 11.1 Å². The summed E-state index contributed by atoms with van der Waals surface area (Å²) >= 11 is 5.08. The summed E-state index contributed by atoms with van der Waals surface area (Å²) in [6, 6.07) is 0. The number of carbonyl (C=O) groups excluding carboxylic acids is 1. The number of amides is 1. The first-order valence-electron chi connectivity index (χ1n) is 6.20. The van der Waals surface area contributed by atoms with E-state index in [0.29, 0.717) is 24.4 Å². The SMILES string of the molecule is CCC(CC)(NC(=O)C1CCOC1C)C(N)=S. The summed E-state index contributed by atoms with van der Waals surface area (Å²) in [5, 5.41) is 3.02. The standard InChI is InChI=1S/C12H22N2O2S/c1-4-12(5-2,11(13)17)14-10(15)9-6-7-16-8(9)3/h8-9H,4-7H2,1-3H3,(H2,13,17)(H,14,15). The average Bonchev–Trinajstić information content (AvgIpc) is 2.72. The first-order valence-corrected chi connectivity index (χ1v) is 6.61. The molecule has 0 aliphatic carbocycles. The summed E-state index contributed by atoms with van der Waals surface area (Å²) < 4.78 is 5.40. The van der Waals surface area contributed by atoms with E-state index in [0.717, 1.165) is 6.42 Å². The highest BCUT2D eigenvalue weighted by Crippen LogP contribution is 2.23. The van der Waals surface area contributed by atoms with Gasteiger partial charge in [-0.05, 0) is 26.2 Å². The molecule has 0 bridgehead atoms. The van der Waals surface area contributed by atoms with Gasteiger partial charge in [0.15, 0.2) is 0 Å². The molecule has 1 fully saturated rings. The van der Waals surface area contributed by atoms with Crippen molar-refractivity contribution in [1.29, 1.82) is 0 Å². The van der Waals surface area contributed by atoms with Crippen molar-refractivity contribution >= 4 is 23.1 Å². The number of nitrogens with one attached hydrogen (secondary N) is 1. The molecule has 1 rings (SSSR count). The molecule has 2 atom stereocenters. The molecule has 5 heteroatoms. The Balaban J connectivity index is 2.74. The summed E-state index contributed by atoms with van der Waals surface area (Å²) in [5.41, 5.74) is 5.21. The summed E-state index contributed by atoms with van der Waals surface area (Å²) in [6.07, 6.45) is 2.18. The lowest BCUT2D eigenvalue weighted by Gasteiger charge is -2.33. The van der Waals surface area contributed by atoms with Gasteiger partial charge in [0.05, 0.1) is 22.5 Å². The zero-order valence-electron chi connectivity index (χ0n) is 10.8. The lowest BCUT2D eigenvalue weighted by atomic mass is 9.90. The molecule has 0 aromatic carbocycles. The van der Waals surface area contributed by atoms with Gasteiger partial charge in [0, 0.05) is 6.61 Å². The average molecular weight is 258 g/mol. The molecule has 2 unspecified atom stereocenters. The van der Waals surface area contributed by atoms with Crippen molar-refractivity contribution in [1.82, 2.24) is 5.32 Å².